The molecule has 2 heteroatoms. The van der Waals surface area contributed by atoms with Gasteiger partial charge in [-0.1, -0.05) is 48.5 Å². The fourth-order valence-corrected chi connectivity index (χ4v) is 5.87. The molecule has 0 amide bonds. The van der Waals surface area contributed by atoms with Gasteiger partial charge in [-0.15, -0.1) is 0 Å². The minimum absolute atomic E-state index is 0.397. The maximum absolute atomic E-state index is 2.51. The largest absolute Gasteiger partial charge is 0.0619 e. The molecule has 106 valence electrons. The van der Waals surface area contributed by atoms with Gasteiger partial charge < -0.3 is 0 Å². The van der Waals surface area contributed by atoms with Gasteiger partial charge >= 0.3 is 0 Å². The summed E-state index contributed by atoms with van der Waals surface area (Å²) in [5.74, 6) is 0.794. The van der Waals surface area contributed by atoms with Crippen molar-refractivity contribution in [2.45, 2.75) is 11.8 Å². The summed E-state index contributed by atoms with van der Waals surface area (Å²) in [6.45, 7) is 0. The van der Waals surface area contributed by atoms with Gasteiger partial charge in [-0.2, -0.15) is 0 Å². The zero-order valence-corrected chi connectivity index (χ0v) is 16.0. The van der Waals surface area contributed by atoms with Crippen LogP contribution in [0.1, 0.15) is 45.2 Å². The fraction of sp³-hybridized carbons (Fsp3) is 0.100. The molecule has 0 N–H and O–H groups in total. The Hall–Kier alpha value is -0.880. The maximum atomic E-state index is 2.51. The van der Waals surface area contributed by atoms with Gasteiger partial charge in [-0.05, 0) is 90.7 Å². The van der Waals surface area contributed by atoms with Crippen LogP contribution in [0.15, 0.2) is 60.7 Å². The molecule has 0 aromatic heterocycles. The van der Waals surface area contributed by atoms with E-state index < -0.39 is 0 Å². The summed E-state index contributed by atoms with van der Waals surface area (Å²) in [5, 5.41) is 0. The minimum atomic E-state index is 0.397. The van der Waals surface area contributed by atoms with Gasteiger partial charge in [-0.3, -0.25) is 0 Å². The molecule has 3 aliphatic rings. The van der Waals surface area contributed by atoms with E-state index in [1.54, 1.807) is 0 Å². The van der Waals surface area contributed by atoms with Crippen molar-refractivity contribution in [2.75, 3.05) is 0 Å². The van der Waals surface area contributed by atoms with E-state index >= 15 is 0 Å². The lowest BCUT2D eigenvalue weighted by atomic mass is 9.61. The normalized spacial score (nSPS) is 20.3. The number of rotatable bonds is 0. The Kier molecular flexibility index (Phi) is 2.96. The molecule has 3 aliphatic carbocycles. The van der Waals surface area contributed by atoms with Crippen LogP contribution in [0.3, 0.4) is 0 Å². The Labute approximate surface area is 157 Å². The molecule has 0 aliphatic heterocycles. The first-order valence-electron chi connectivity index (χ1n) is 7.43. The Morgan fingerprint density at radius 3 is 1.36 bits per heavy atom. The van der Waals surface area contributed by atoms with Crippen LogP contribution >= 0.6 is 45.2 Å². The summed E-state index contributed by atoms with van der Waals surface area (Å²) in [6, 6.07) is 22.6. The first-order chi connectivity index (χ1) is 10.8. The van der Waals surface area contributed by atoms with Gasteiger partial charge in [-0.25, -0.2) is 0 Å². The molecule has 0 nitrogen and oxygen atoms in total. The summed E-state index contributed by atoms with van der Waals surface area (Å²) in [4.78, 5) is 0. The third-order valence-corrected chi connectivity index (χ3v) is 6.87. The van der Waals surface area contributed by atoms with Crippen molar-refractivity contribution in [1.82, 2.24) is 0 Å². The van der Waals surface area contributed by atoms with Crippen molar-refractivity contribution < 1.29 is 0 Å². The second-order valence-electron chi connectivity index (χ2n) is 5.98. The molecule has 22 heavy (non-hydrogen) atoms. The summed E-state index contributed by atoms with van der Waals surface area (Å²) in [5.41, 5.74) is 9.07. The summed E-state index contributed by atoms with van der Waals surface area (Å²) in [6.07, 6.45) is 0. The molecule has 2 bridgehead atoms. The first kappa shape index (κ1) is 13.5. The number of benzene rings is 3. The lowest BCUT2D eigenvalue weighted by molar-refractivity contribution is 0.746. The molecule has 0 heterocycles. The van der Waals surface area contributed by atoms with E-state index in [2.05, 4.69) is 106 Å². The van der Waals surface area contributed by atoms with Crippen LogP contribution in [-0.2, 0) is 0 Å². The van der Waals surface area contributed by atoms with E-state index in [9.17, 15) is 0 Å². The molecule has 0 radical (unpaired) electrons. The maximum Gasteiger partial charge on any atom is 0.0360 e. The zero-order chi connectivity index (χ0) is 14.8. The summed E-state index contributed by atoms with van der Waals surface area (Å²) < 4.78 is 2.79. The lowest BCUT2D eigenvalue weighted by Gasteiger charge is -2.43. The Morgan fingerprint density at radius 1 is 0.500 bits per heavy atom. The van der Waals surface area contributed by atoms with Gasteiger partial charge in [0.1, 0.15) is 0 Å². The van der Waals surface area contributed by atoms with E-state index in [0.29, 0.717) is 11.8 Å². The summed E-state index contributed by atoms with van der Waals surface area (Å²) >= 11 is 5.01. The first-order valence-corrected chi connectivity index (χ1v) is 9.58. The van der Waals surface area contributed by atoms with Crippen LogP contribution in [0.2, 0.25) is 0 Å². The second-order valence-corrected chi connectivity index (χ2v) is 8.30. The molecular formula is C20H12I2. The summed E-state index contributed by atoms with van der Waals surface area (Å²) in [7, 11) is 0. The Bertz CT molecular complexity index is 850. The molecule has 0 saturated heterocycles. The number of hydrogen-bond acceptors (Lipinski definition) is 0. The van der Waals surface area contributed by atoms with Crippen molar-refractivity contribution >= 4 is 45.2 Å². The third kappa shape index (κ3) is 1.63. The SMILES string of the molecule is Ic1cccc2c1C1c3ccccc3C2c2c(I)cccc21. The molecule has 0 fully saturated rings. The predicted molar refractivity (Wildman–Crippen MR) is 107 cm³/mol. The van der Waals surface area contributed by atoms with Gasteiger partial charge in [0.05, 0.1) is 0 Å². The van der Waals surface area contributed by atoms with E-state index in [0.717, 1.165) is 0 Å². The minimum Gasteiger partial charge on any atom is -0.0619 e. The van der Waals surface area contributed by atoms with Gasteiger partial charge in [0.15, 0.2) is 0 Å². The Morgan fingerprint density at radius 2 is 0.909 bits per heavy atom. The van der Waals surface area contributed by atoms with E-state index in [4.69, 9.17) is 0 Å². The molecule has 0 spiro atoms. The van der Waals surface area contributed by atoms with Gasteiger partial charge in [0, 0.05) is 19.0 Å². The quantitative estimate of drug-likeness (QED) is 0.230. The van der Waals surface area contributed by atoms with E-state index in [1.807, 2.05) is 0 Å². The van der Waals surface area contributed by atoms with Crippen molar-refractivity contribution in [3.8, 4) is 0 Å². The van der Waals surface area contributed by atoms with E-state index in [-0.39, 0.29) is 0 Å². The van der Waals surface area contributed by atoms with Crippen molar-refractivity contribution in [1.29, 1.82) is 0 Å². The van der Waals surface area contributed by atoms with Crippen LogP contribution in [0.5, 0.6) is 0 Å². The molecule has 6 rings (SSSR count). The van der Waals surface area contributed by atoms with Crippen LogP contribution in [0.4, 0.5) is 0 Å². The highest BCUT2D eigenvalue weighted by Crippen LogP contribution is 2.57. The van der Waals surface area contributed by atoms with Crippen LogP contribution in [-0.4, -0.2) is 0 Å². The van der Waals surface area contributed by atoms with Crippen LogP contribution < -0.4 is 0 Å². The molecule has 0 saturated carbocycles. The average molecular weight is 506 g/mol. The van der Waals surface area contributed by atoms with Crippen LogP contribution in [0.25, 0.3) is 0 Å². The molecular weight excluding hydrogens is 494 g/mol. The topological polar surface area (TPSA) is 0 Å². The molecule has 2 atom stereocenters. The molecule has 3 aromatic rings. The van der Waals surface area contributed by atoms with Crippen LogP contribution in [0, 0.1) is 7.14 Å². The monoisotopic (exact) mass is 506 g/mol. The van der Waals surface area contributed by atoms with E-state index in [1.165, 1.54) is 40.5 Å². The highest BCUT2D eigenvalue weighted by Gasteiger charge is 2.42. The molecule has 3 aromatic carbocycles. The number of hydrogen-bond donors (Lipinski definition) is 0. The number of halogens is 2. The predicted octanol–water partition coefficient (Wildman–Crippen LogP) is 5.88. The smallest absolute Gasteiger partial charge is 0.0360 e. The highest BCUT2D eigenvalue weighted by atomic mass is 127. The third-order valence-electron chi connectivity index (χ3n) is 4.99. The van der Waals surface area contributed by atoms with Crippen molar-refractivity contribution in [2.24, 2.45) is 0 Å². The van der Waals surface area contributed by atoms with Crippen molar-refractivity contribution in [3.63, 3.8) is 0 Å². The average Bonchev–Trinajstić information content (AvgIpc) is 2.55. The highest BCUT2D eigenvalue weighted by molar-refractivity contribution is 14.1. The fourth-order valence-electron chi connectivity index (χ4n) is 4.21. The second kappa shape index (κ2) is 4.81. The zero-order valence-electron chi connectivity index (χ0n) is 11.7. The van der Waals surface area contributed by atoms with Gasteiger partial charge in [0.25, 0.3) is 0 Å². The Balaban J connectivity index is 1.96. The standard InChI is InChI=1S/C20H12I2/c21-15-9-4-8-14-18-12-6-2-1-5-11(12)17(19(14)15)13-7-3-10-16(22)20(13)18/h1-10,17-18H. The van der Waals surface area contributed by atoms with Crippen molar-refractivity contribution in [3.05, 3.63) is 101 Å². The molecule has 2 unspecified atom stereocenters. The van der Waals surface area contributed by atoms with Gasteiger partial charge in [0.2, 0.25) is 0 Å². The lowest BCUT2D eigenvalue weighted by Crippen LogP contribution is -2.29.